The molecule has 1 atom stereocenters. The molecule has 0 bridgehead atoms. The van der Waals surface area contributed by atoms with Crippen LogP contribution in [0.15, 0.2) is 76.3 Å². The van der Waals surface area contributed by atoms with Crippen LogP contribution in [0.2, 0.25) is 0 Å². The number of benzodiazepines with no additional fused rings is 1. The molecule has 2 N–H and O–H groups in total. The van der Waals surface area contributed by atoms with Crippen molar-refractivity contribution in [1.29, 1.82) is 0 Å². The number of hydrogen-bond acceptors (Lipinski definition) is 10. The lowest BCUT2D eigenvalue weighted by molar-refractivity contribution is 0.123. The summed E-state index contributed by atoms with van der Waals surface area (Å²) in [5.41, 5.74) is 5.27. The highest BCUT2D eigenvalue weighted by Gasteiger charge is 2.29. The maximum Gasteiger partial charge on any atom is 0.317 e. The summed E-state index contributed by atoms with van der Waals surface area (Å²) < 4.78 is 11.8. The van der Waals surface area contributed by atoms with E-state index in [0.29, 0.717) is 30.7 Å². The number of nitrogens with zero attached hydrogens (tertiary/aromatic N) is 5. The van der Waals surface area contributed by atoms with E-state index >= 15 is 0 Å². The first-order chi connectivity index (χ1) is 20.2. The average Bonchev–Trinajstić information content (AvgIpc) is 3.65. The molecule has 4 heterocycles. The first-order valence-electron chi connectivity index (χ1n) is 14.4. The maximum absolute atomic E-state index is 6.23. The fraction of sp³-hybridized carbons (Fsp3) is 0.355. The Labute approximate surface area is 243 Å². The zero-order valence-corrected chi connectivity index (χ0v) is 23.7. The molecule has 1 aliphatic carbocycles. The van der Waals surface area contributed by atoms with Gasteiger partial charge in [-0.05, 0) is 18.9 Å². The molecule has 0 radical (unpaired) electrons. The van der Waals surface area contributed by atoms with Gasteiger partial charge < -0.3 is 24.7 Å². The van der Waals surface area contributed by atoms with Crippen molar-refractivity contribution in [3.63, 3.8) is 0 Å². The van der Waals surface area contributed by atoms with Crippen LogP contribution in [0.4, 0.5) is 16.7 Å². The number of fused-ring (bicyclic) bond motifs is 1. The van der Waals surface area contributed by atoms with Crippen LogP contribution in [0.3, 0.4) is 0 Å². The molecule has 210 valence electrons. The van der Waals surface area contributed by atoms with Crippen LogP contribution in [-0.2, 0) is 4.74 Å². The van der Waals surface area contributed by atoms with Gasteiger partial charge in [-0.2, -0.15) is 0 Å². The van der Waals surface area contributed by atoms with Crippen LogP contribution < -0.4 is 15.5 Å². The number of anilines is 3. The number of para-hydroxylation sites is 1. The molecule has 1 saturated heterocycles. The number of hydrogen-bond donors (Lipinski definition) is 2. The Morgan fingerprint density at radius 1 is 0.951 bits per heavy atom. The van der Waals surface area contributed by atoms with E-state index in [1.165, 1.54) is 37.1 Å². The van der Waals surface area contributed by atoms with Gasteiger partial charge in [0.15, 0.2) is 11.9 Å². The zero-order valence-electron chi connectivity index (χ0n) is 22.9. The van der Waals surface area contributed by atoms with Crippen molar-refractivity contribution in [1.82, 2.24) is 15.2 Å². The lowest BCUT2D eigenvalue weighted by Gasteiger charge is -2.27. The van der Waals surface area contributed by atoms with E-state index in [2.05, 4.69) is 50.5 Å². The SMILES string of the molecule is C=C1Nc2ccccc2C(c2ccccc2)=N[C@@H]1Nc1nnc(-c2nc(C3CCCCC3)sc2N2CCOCC2)o1. The lowest BCUT2D eigenvalue weighted by Crippen LogP contribution is -2.36. The number of ether oxygens (including phenoxy) is 1. The van der Waals surface area contributed by atoms with Crippen molar-refractivity contribution < 1.29 is 9.15 Å². The summed E-state index contributed by atoms with van der Waals surface area (Å²) in [6.07, 6.45) is 5.67. The minimum Gasteiger partial charge on any atom is -0.402 e. The average molecular weight is 568 g/mol. The summed E-state index contributed by atoms with van der Waals surface area (Å²) >= 11 is 1.77. The van der Waals surface area contributed by atoms with Crippen molar-refractivity contribution >= 4 is 33.8 Å². The topological polar surface area (TPSA) is 101 Å². The van der Waals surface area contributed by atoms with E-state index in [0.717, 1.165) is 46.3 Å². The molecule has 41 heavy (non-hydrogen) atoms. The van der Waals surface area contributed by atoms with E-state index in [1.807, 2.05) is 36.4 Å². The minimum atomic E-state index is -0.530. The second kappa shape index (κ2) is 11.5. The van der Waals surface area contributed by atoms with E-state index in [-0.39, 0.29) is 6.01 Å². The minimum absolute atomic E-state index is 0.273. The van der Waals surface area contributed by atoms with Gasteiger partial charge in [0, 0.05) is 35.8 Å². The van der Waals surface area contributed by atoms with Gasteiger partial charge in [0.05, 0.1) is 29.6 Å². The largest absolute Gasteiger partial charge is 0.402 e. The normalized spacial score (nSPS) is 19.7. The van der Waals surface area contributed by atoms with Gasteiger partial charge in [0.2, 0.25) is 0 Å². The Hall–Kier alpha value is -4.02. The molecule has 0 spiro atoms. The highest BCUT2D eigenvalue weighted by atomic mass is 32.1. The monoisotopic (exact) mass is 567 g/mol. The summed E-state index contributed by atoms with van der Waals surface area (Å²) in [5.74, 6) is 0.908. The van der Waals surface area contributed by atoms with Crippen molar-refractivity contribution in [2.24, 2.45) is 4.99 Å². The lowest BCUT2D eigenvalue weighted by atomic mass is 9.90. The molecule has 2 fully saturated rings. The second-order valence-corrected chi connectivity index (χ2v) is 11.6. The Kier molecular flexibility index (Phi) is 7.24. The van der Waals surface area contributed by atoms with Gasteiger partial charge in [0.1, 0.15) is 5.00 Å². The summed E-state index contributed by atoms with van der Waals surface area (Å²) in [5, 5.41) is 17.8. The molecule has 4 aromatic rings. The predicted octanol–water partition coefficient (Wildman–Crippen LogP) is 6.29. The molecule has 2 aromatic heterocycles. The molecule has 2 aromatic carbocycles. The van der Waals surface area contributed by atoms with Gasteiger partial charge in [-0.1, -0.05) is 79.5 Å². The van der Waals surface area contributed by atoms with Crippen molar-refractivity contribution in [3.05, 3.63) is 83.0 Å². The summed E-state index contributed by atoms with van der Waals surface area (Å²) in [6, 6.07) is 18.5. The third kappa shape index (κ3) is 5.37. The fourth-order valence-corrected chi connectivity index (χ4v) is 7.01. The van der Waals surface area contributed by atoms with Crippen LogP contribution >= 0.6 is 11.3 Å². The number of nitrogens with one attached hydrogen (secondary N) is 2. The first-order valence-corrected chi connectivity index (χ1v) is 15.2. The van der Waals surface area contributed by atoms with Gasteiger partial charge in [-0.3, -0.25) is 4.99 Å². The molecule has 0 amide bonds. The van der Waals surface area contributed by atoms with Gasteiger partial charge in [0.25, 0.3) is 5.89 Å². The van der Waals surface area contributed by atoms with Crippen LogP contribution in [0, 0.1) is 0 Å². The highest BCUT2D eigenvalue weighted by Crippen LogP contribution is 2.43. The Morgan fingerprint density at radius 3 is 2.56 bits per heavy atom. The molecule has 10 heteroatoms. The standard InChI is InChI=1S/C31H33N7O2S/c1-20-27(33-25(21-10-4-2-5-11-21)23-14-8-9-15-24(23)32-20)35-31-37-36-28(40-31)26-30(38-16-18-39-19-17-38)41-29(34-26)22-12-6-3-7-13-22/h2,4-5,8-11,14-15,22,27,32H,1,3,6-7,12-13,16-19H2,(H,35,37)/t27-/m1/s1. The predicted molar refractivity (Wildman–Crippen MR) is 163 cm³/mol. The molecule has 9 nitrogen and oxygen atoms in total. The van der Waals surface area contributed by atoms with Crippen molar-refractivity contribution in [2.45, 2.75) is 44.2 Å². The third-order valence-corrected chi connectivity index (χ3v) is 9.16. The maximum atomic E-state index is 6.23. The number of morpholine rings is 1. The summed E-state index contributed by atoms with van der Waals surface area (Å²) in [6.45, 7) is 7.32. The summed E-state index contributed by atoms with van der Waals surface area (Å²) in [7, 11) is 0. The van der Waals surface area contributed by atoms with Gasteiger partial charge in [-0.25, -0.2) is 4.98 Å². The van der Waals surface area contributed by atoms with E-state index in [9.17, 15) is 0 Å². The molecule has 1 saturated carbocycles. The summed E-state index contributed by atoms with van der Waals surface area (Å²) in [4.78, 5) is 12.5. The smallest absolute Gasteiger partial charge is 0.317 e. The number of aromatic nitrogens is 3. The third-order valence-electron chi connectivity index (χ3n) is 7.88. The highest BCUT2D eigenvalue weighted by molar-refractivity contribution is 7.16. The number of rotatable bonds is 6. The van der Waals surface area contributed by atoms with Gasteiger partial charge >= 0.3 is 6.01 Å². The molecule has 2 aliphatic heterocycles. The number of aliphatic imine (C=N–C) groups is 1. The van der Waals surface area contributed by atoms with Crippen LogP contribution in [-0.4, -0.2) is 53.4 Å². The molecule has 0 unspecified atom stereocenters. The van der Waals surface area contributed by atoms with E-state index in [4.69, 9.17) is 19.1 Å². The quantitative estimate of drug-likeness (QED) is 0.280. The van der Waals surface area contributed by atoms with Crippen molar-refractivity contribution in [3.8, 4) is 11.6 Å². The van der Waals surface area contributed by atoms with E-state index in [1.54, 1.807) is 11.3 Å². The number of benzene rings is 2. The molecule has 7 rings (SSSR count). The van der Waals surface area contributed by atoms with E-state index < -0.39 is 6.17 Å². The fourth-order valence-electron chi connectivity index (χ4n) is 5.73. The van der Waals surface area contributed by atoms with Crippen LogP contribution in [0.1, 0.15) is 54.2 Å². The van der Waals surface area contributed by atoms with Crippen molar-refractivity contribution in [2.75, 3.05) is 41.8 Å². The second-order valence-electron chi connectivity index (χ2n) is 10.6. The number of thiazole rings is 1. The van der Waals surface area contributed by atoms with Crippen LogP contribution in [0.5, 0.6) is 0 Å². The Bertz CT molecular complexity index is 1550. The Morgan fingerprint density at radius 2 is 1.73 bits per heavy atom. The molecular formula is C31H33N7O2S. The molecule has 3 aliphatic rings. The Balaban J connectivity index is 1.20. The zero-order chi connectivity index (χ0) is 27.6. The molecular weight excluding hydrogens is 534 g/mol. The van der Waals surface area contributed by atoms with Crippen LogP contribution in [0.25, 0.3) is 11.6 Å². The van der Waals surface area contributed by atoms with Gasteiger partial charge in [-0.15, -0.1) is 16.4 Å². The first kappa shape index (κ1) is 25.9.